The lowest BCUT2D eigenvalue weighted by atomic mass is 9.90. The minimum Gasteiger partial charge on any atom is -0.494 e. The van der Waals surface area contributed by atoms with Crippen LogP contribution >= 0.6 is 11.6 Å². The molecule has 0 bridgehead atoms. The van der Waals surface area contributed by atoms with Gasteiger partial charge >= 0.3 is 0 Å². The van der Waals surface area contributed by atoms with Crippen molar-refractivity contribution in [1.29, 1.82) is 0 Å². The summed E-state index contributed by atoms with van der Waals surface area (Å²) >= 11 is 5.87. The Morgan fingerprint density at radius 1 is 1.21 bits per heavy atom. The molecule has 2 atom stereocenters. The molecule has 4 rings (SSSR count). The lowest BCUT2D eigenvalue weighted by molar-refractivity contribution is 0.283. The van der Waals surface area contributed by atoms with Crippen molar-refractivity contribution in [1.82, 2.24) is 9.97 Å². The maximum absolute atomic E-state index is 11.7. The quantitative estimate of drug-likeness (QED) is 0.657. The average molecular weight is 436 g/mol. The lowest BCUT2D eigenvalue weighted by Gasteiger charge is -2.32. The second kappa shape index (κ2) is 8.48. The Morgan fingerprint density at radius 2 is 1.93 bits per heavy atom. The van der Waals surface area contributed by atoms with Crippen LogP contribution in [0.15, 0.2) is 41.6 Å². The van der Waals surface area contributed by atoms with Crippen molar-refractivity contribution in [3.8, 4) is 5.75 Å². The summed E-state index contributed by atoms with van der Waals surface area (Å²) in [6.07, 6.45) is 9.15. The van der Waals surface area contributed by atoms with Crippen LogP contribution in [0.25, 0.3) is 0 Å². The molecule has 1 aliphatic carbocycles. The zero-order valence-corrected chi connectivity index (χ0v) is 18.1. The highest BCUT2D eigenvalue weighted by atomic mass is 35.5. The summed E-state index contributed by atoms with van der Waals surface area (Å²) < 4.78 is 29.1. The fraction of sp³-hybridized carbons (Fsp3) is 0.524. The van der Waals surface area contributed by atoms with E-state index in [1.165, 1.54) is 25.5 Å². The Kier molecular flexibility index (Phi) is 5.97. The molecular formula is C21H26ClN3O3S. The Hall–Kier alpha value is -1.86. The largest absolute Gasteiger partial charge is 0.494 e. The maximum atomic E-state index is 11.7. The predicted molar refractivity (Wildman–Crippen MR) is 113 cm³/mol. The van der Waals surface area contributed by atoms with Gasteiger partial charge in [-0.25, -0.2) is 18.4 Å². The normalized spacial score (nSPS) is 22.5. The van der Waals surface area contributed by atoms with Crippen molar-refractivity contribution in [3.63, 3.8) is 0 Å². The topological polar surface area (TPSA) is 72.4 Å². The molecule has 0 spiro atoms. The summed E-state index contributed by atoms with van der Waals surface area (Å²) in [7, 11) is -3.20. The molecule has 8 heteroatoms. The molecule has 2 aromatic rings. The first kappa shape index (κ1) is 20.4. The van der Waals surface area contributed by atoms with Gasteiger partial charge < -0.3 is 9.64 Å². The molecule has 0 N–H and O–H groups in total. The molecule has 6 nitrogen and oxygen atoms in total. The monoisotopic (exact) mass is 435 g/mol. The van der Waals surface area contributed by atoms with Crippen LogP contribution in [0.3, 0.4) is 0 Å². The first-order valence-electron chi connectivity index (χ1n) is 10.1. The molecule has 1 aromatic heterocycles. The lowest BCUT2D eigenvalue weighted by Crippen LogP contribution is -2.35. The average Bonchev–Trinajstić information content (AvgIpc) is 3.48. The summed E-state index contributed by atoms with van der Waals surface area (Å²) in [6, 6.07) is 6.74. The van der Waals surface area contributed by atoms with Crippen LogP contribution in [-0.2, 0) is 9.84 Å². The van der Waals surface area contributed by atoms with Gasteiger partial charge in [-0.1, -0.05) is 17.7 Å². The molecule has 2 aliphatic rings. The first-order valence-corrected chi connectivity index (χ1v) is 12.3. The molecule has 29 heavy (non-hydrogen) atoms. The Bertz CT molecular complexity index is 944. The summed E-state index contributed by atoms with van der Waals surface area (Å²) in [5, 5.41) is 0.565. The molecule has 1 saturated heterocycles. The third kappa shape index (κ3) is 5.20. The van der Waals surface area contributed by atoms with Gasteiger partial charge in [-0.3, -0.25) is 0 Å². The third-order valence-electron chi connectivity index (χ3n) is 6.00. The van der Waals surface area contributed by atoms with E-state index < -0.39 is 9.84 Å². The van der Waals surface area contributed by atoms with Crippen LogP contribution in [0.4, 0.5) is 5.95 Å². The number of hydrogen-bond acceptors (Lipinski definition) is 6. The van der Waals surface area contributed by atoms with Gasteiger partial charge in [0, 0.05) is 19.3 Å². The molecule has 1 saturated carbocycles. The molecular weight excluding hydrogens is 410 g/mol. The van der Waals surface area contributed by atoms with Gasteiger partial charge in [0.2, 0.25) is 5.95 Å². The number of rotatable bonds is 7. The van der Waals surface area contributed by atoms with Gasteiger partial charge in [-0.15, -0.1) is 0 Å². The maximum Gasteiger partial charge on any atom is 0.225 e. The second-order valence-electron chi connectivity index (χ2n) is 8.07. The van der Waals surface area contributed by atoms with E-state index in [9.17, 15) is 8.42 Å². The van der Waals surface area contributed by atoms with E-state index in [4.69, 9.17) is 16.3 Å². The Morgan fingerprint density at radius 3 is 2.62 bits per heavy atom. The first-order chi connectivity index (χ1) is 13.9. The highest BCUT2D eigenvalue weighted by Gasteiger charge is 2.43. The fourth-order valence-corrected chi connectivity index (χ4v) is 5.05. The number of aromatic nitrogens is 2. The summed E-state index contributed by atoms with van der Waals surface area (Å²) in [5.74, 6) is 3.66. The molecule has 1 aromatic carbocycles. The van der Waals surface area contributed by atoms with E-state index in [1.807, 2.05) is 6.07 Å². The number of benzene rings is 1. The van der Waals surface area contributed by atoms with E-state index in [1.54, 1.807) is 30.6 Å². The van der Waals surface area contributed by atoms with Crippen molar-refractivity contribution in [2.45, 2.75) is 30.6 Å². The van der Waals surface area contributed by atoms with Crippen molar-refractivity contribution in [2.24, 2.45) is 17.8 Å². The van der Waals surface area contributed by atoms with E-state index >= 15 is 0 Å². The van der Waals surface area contributed by atoms with Crippen LogP contribution in [0.2, 0.25) is 5.02 Å². The number of sulfone groups is 1. The standard InChI is InChI=1S/C21H26ClN3O3S/c1-29(26,27)19-4-2-3-18(12-19)28-10-7-16-11-20(16)15-5-8-25(9-6-15)21-23-13-17(22)14-24-21/h2-4,12-16,20H,5-11H2,1H3/t16-,20-/m0/s1. The highest BCUT2D eigenvalue weighted by molar-refractivity contribution is 7.90. The van der Waals surface area contributed by atoms with Gasteiger partial charge in [-0.2, -0.15) is 0 Å². The number of halogens is 1. The molecule has 0 unspecified atom stereocenters. The van der Waals surface area contributed by atoms with Crippen LogP contribution in [0.5, 0.6) is 5.75 Å². The molecule has 0 amide bonds. The number of nitrogens with zero attached hydrogens (tertiary/aromatic N) is 3. The van der Waals surface area contributed by atoms with Gasteiger partial charge in [-0.05, 0) is 61.6 Å². The number of ether oxygens (including phenoxy) is 1. The van der Waals surface area contributed by atoms with E-state index in [-0.39, 0.29) is 0 Å². The highest BCUT2D eigenvalue weighted by Crippen LogP contribution is 2.49. The Balaban J connectivity index is 1.20. The number of hydrogen-bond donors (Lipinski definition) is 0. The molecule has 1 aliphatic heterocycles. The minimum atomic E-state index is -3.20. The number of anilines is 1. The second-order valence-corrected chi connectivity index (χ2v) is 10.5. The summed E-state index contributed by atoms with van der Waals surface area (Å²) in [6.45, 7) is 2.61. The van der Waals surface area contributed by atoms with Crippen LogP contribution in [0.1, 0.15) is 25.7 Å². The predicted octanol–water partition coefficient (Wildman–Crippen LogP) is 3.86. The smallest absolute Gasteiger partial charge is 0.225 e. The van der Waals surface area contributed by atoms with Crippen molar-refractivity contribution >= 4 is 27.4 Å². The van der Waals surface area contributed by atoms with Gasteiger partial charge in [0.25, 0.3) is 0 Å². The number of piperidine rings is 1. The fourth-order valence-electron chi connectivity index (χ4n) is 4.30. The molecule has 0 radical (unpaired) electrons. The molecule has 2 fully saturated rings. The zero-order chi connectivity index (χ0) is 20.4. The van der Waals surface area contributed by atoms with E-state index in [2.05, 4.69) is 14.9 Å². The van der Waals surface area contributed by atoms with Gasteiger partial charge in [0.05, 0.1) is 28.9 Å². The summed E-state index contributed by atoms with van der Waals surface area (Å²) in [5.41, 5.74) is 0. The van der Waals surface area contributed by atoms with Crippen LogP contribution in [-0.4, -0.2) is 44.3 Å². The van der Waals surface area contributed by atoms with Crippen molar-refractivity contribution in [2.75, 3.05) is 30.9 Å². The third-order valence-corrected chi connectivity index (χ3v) is 7.31. The van der Waals surface area contributed by atoms with E-state index in [0.717, 1.165) is 43.2 Å². The zero-order valence-electron chi connectivity index (χ0n) is 16.5. The minimum absolute atomic E-state index is 0.302. The van der Waals surface area contributed by atoms with Crippen molar-refractivity contribution < 1.29 is 13.2 Å². The van der Waals surface area contributed by atoms with Crippen LogP contribution < -0.4 is 9.64 Å². The van der Waals surface area contributed by atoms with Gasteiger partial charge in [0.1, 0.15) is 5.75 Å². The van der Waals surface area contributed by atoms with E-state index in [0.29, 0.717) is 22.3 Å². The molecule has 2 heterocycles. The van der Waals surface area contributed by atoms with Gasteiger partial charge in [0.15, 0.2) is 9.84 Å². The SMILES string of the molecule is CS(=O)(=O)c1cccc(OCC[C@H]2C[C@H]2C2CCN(c3ncc(Cl)cn3)CC2)c1. The Labute approximate surface area is 177 Å². The summed E-state index contributed by atoms with van der Waals surface area (Å²) in [4.78, 5) is 11.2. The molecule has 156 valence electrons. The van der Waals surface area contributed by atoms with Crippen LogP contribution in [0, 0.1) is 17.8 Å². The van der Waals surface area contributed by atoms with Crippen molar-refractivity contribution in [3.05, 3.63) is 41.7 Å².